The van der Waals surface area contributed by atoms with Gasteiger partial charge in [0.15, 0.2) is 0 Å². The number of likely N-dealkylation sites (tertiary alicyclic amines) is 2. The summed E-state index contributed by atoms with van der Waals surface area (Å²) in [6.45, 7) is 6.55. The predicted molar refractivity (Wildman–Crippen MR) is 106 cm³/mol. The van der Waals surface area contributed by atoms with Gasteiger partial charge in [-0.15, -0.1) is 0 Å². The number of nitrogens with zero attached hydrogens (tertiary/aromatic N) is 2. The minimum Gasteiger partial charge on any atom is -0.339 e. The van der Waals surface area contributed by atoms with E-state index in [0.717, 1.165) is 44.6 Å². The van der Waals surface area contributed by atoms with Gasteiger partial charge in [-0.2, -0.15) is 0 Å². The van der Waals surface area contributed by atoms with E-state index >= 15 is 0 Å². The van der Waals surface area contributed by atoms with Crippen molar-refractivity contribution in [2.45, 2.75) is 56.9 Å². The van der Waals surface area contributed by atoms with Gasteiger partial charge in [0.2, 0.25) is 0 Å². The summed E-state index contributed by atoms with van der Waals surface area (Å²) in [5.74, 6) is 0.823. The third kappa shape index (κ3) is 4.12. The van der Waals surface area contributed by atoms with E-state index in [9.17, 15) is 4.79 Å². The maximum Gasteiger partial charge on any atom is 0.253 e. The molecule has 0 radical (unpaired) electrons. The normalized spacial score (nSPS) is 26.0. The zero-order valence-electron chi connectivity index (χ0n) is 16.0. The molecule has 142 valence electrons. The number of nitrogens with one attached hydrogen (secondary N) is 1. The van der Waals surface area contributed by atoms with Gasteiger partial charge in [0.05, 0.1) is 0 Å². The standard InChI is InChI=1S/C22H33N3O/c26-22(19-8-6-18(7-9-19)20-5-4-12-23-17-20)25-15-10-21(11-16-25)24-13-2-1-3-14-24/h6-9,20-21,23H,1-5,10-17H2/t20-/m0/s1. The minimum atomic E-state index is 0.218. The van der Waals surface area contributed by atoms with Crippen LogP contribution in [-0.4, -0.2) is 61.0 Å². The van der Waals surface area contributed by atoms with Crippen molar-refractivity contribution in [2.75, 3.05) is 39.3 Å². The Balaban J connectivity index is 1.31. The van der Waals surface area contributed by atoms with E-state index in [1.54, 1.807) is 0 Å². The third-order valence-corrected chi connectivity index (χ3v) is 6.58. The molecular formula is C22H33N3O. The first kappa shape index (κ1) is 18.0. The monoisotopic (exact) mass is 355 g/mol. The van der Waals surface area contributed by atoms with Crippen molar-refractivity contribution in [3.05, 3.63) is 35.4 Å². The maximum atomic E-state index is 12.9. The molecule has 1 atom stereocenters. The molecule has 4 heteroatoms. The van der Waals surface area contributed by atoms with Gasteiger partial charge in [-0.1, -0.05) is 18.6 Å². The highest BCUT2D eigenvalue weighted by Crippen LogP contribution is 2.25. The summed E-state index contributed by atoms with van der Waals surface area (Å²) < 4.78 is 0. The fraction of sp³-hybridized carbons (Fsp3) is 0.682. The lowest BCUT2D eigenvalue weighted by Crippen LogP contribution is -2.48. The van der Waals surface area contributed by atoms with Crippen LogP contribution in [0.3, 0.4) is 0 Å². The van der Waals surface area contributed by atoms with Crippen LogP contribution in [0.2, 0.25) is 0 Å². The molecule has 0 saturated carbocycles. The topological polar surface area (TPSA) is 35.6 Å². The van der Waals surface area contributed by atoms with Gasteiger partial charge < -0.3 is 15.1 Å². The Bertz CT molecular complexity index is 580. The van der Waals surface area contributed by atoms with Gasteiger partial charge in [0.1, 0.15) is 0 Å². The maximum absolute atomic E-state index is 12.9. The van der Waals surface area contributed by atoms with Gasteiger partial charge >= 0.3 is 0 Å². The summed E-state index contributed by atoms with van der Waals surface area (Å²) in [5.41, 5.74) is 2.23. The van der Waals surface area contributed by atoms with Gasteiger partial charge in [-0.3, -0.25) is 4.79 Å². The van der Waals surface area contributed by atoms with Crippen LogP contribution < -0.4 is 5.32 Å². The van der Waals surface area contributed by atoms with Crippen LogP contribution in [-0.2, 0) is 0 Å². The summed E-state index contributed by atoms with van der Waals surface area (Å²) in [4.78, 5) is 17.6. The van der Waals surface area contributed by atoms with Crippen molar-refractivity contribution in [2.24, 2.45) is 0 Å². The van der Waals surface area contributed by atoms with Crippen LogP contribution in [0.25, 0.3) is 0 Å². The molecule has 0 unspecified atom stereocenters. The van der Waals surface area contributed by atoms with Crippen LogP contribution in [0.5, 0.6) is 0 Å². The van der Waals surface area contributed by atoms with Gasteiger partial charge in [0.25, 0.3) is 5.91 Å². The third-order valence-electron chi connectivity index (χ3n) is 6.58. The lowest BCUT2D eigenvalue weighted by molar-refractivity contribution is 0.0590. The molecule has 3 aliphatic rings. The molecular weight excluding hydrogens is 322 g/mol. The van der Waals surface area contributed by atoms with E-state index in [1.165, 1.54) is 50.8 Å². The van der Waals surface area contributed by atoms with Crippen LogP contribution in [0.4, 0.5) is 0 Å². The van der Waals surface area contributed by atoms with E-state index in [0.29, 0.717) is 12.0 Å². The molecule has 0 bridgehead atoms. The summed E-state index contributed by atoms with van der Waals surface area (Å²) in [7, 11) is 0. The molecule has 1 aromatic carbocycles. The number of benzene rings is 1. The molecule has 4 nitrogen and oxygen atoms in total. The van der Waals surface area contributed by atoms with Gasteiger partial charge in [-0.25, -0.2) is 0 Å². The molecule has 1 amide bonds. The number of rotatable bonds is 3. The van der Waals surface area contributed by atoms with E-state index < -0.39 is 0 Å². The zero-order chi connectivity index (χ0) is 17.8. The number of hydrogen-bond donors (Lipinski definition) is 1. The van der Waals surface area contributed by atoms with Crippen molar-refractivity contribution in [3.63, 3.8) is 0 Å². The summed E-state index contributed by atoms with van der Waals surface area (Å²) >= 11 is 0. The van der Waals surface area contributed by atoms with Gasteiger partial charge in [0, 0.05) is 31.2 Å². The second kappa shape index (κ2) is 8.53. The first-order valence-corrected chi connectivity index (χ1v) is 10.7. The van der Waals surface area contributed by atoms with Crippen molar-refractivity contribution < 1.29 is 4.79 Å². The number of carbonyl (C=O) groups is 1. The highest BCUT2D eigenvalue weighted by atomic mass is 16.2. The number of amides is 1. The average Bonchev–Trinajstić information content (AvgIpc) is 2.75. The summed E-state index contributed by atoms with van der Waals surface area (Å²) in [6, 6.07) is 9.13. The first-order valence-electron chi connectivity index (χ1n) is 10.7. The molecule has 26 heavy (non-hydrogen) atoms. The Morgan fingerprint density at radius 3 is 2.27 bits per heavy atom. The highest BCUT2D eigenvalue weighted by Gasteiger charge is 2.28. The van der Waals surface area contributed by atoms with Crippen LogP contribution in [0, 0.1) is 0 Å². The zero-order valence-corrected chi connectivity index (χ0v) is 16.0. The van der Waals surface area contributed by atoms with Gasteiger partial charge in [-0.05, 0) is 81.8 Å². The SMILES string of the molecule is O=C(c1ccc([C@H]2CCCNC2)cc1)N1CCC(N2CCCCC2)CC1. The van der Waals surface area contributed by atoms with Crippen LogP contribution in [0.1, 0.15) is 66.8 Å². The highest BCUT2D eigenvalue weighted by molar-refractivity contribution is 5.94. The molecule has 0 aromatic heterocycles. The number of carbonyl (C=O) groups excluding carboxylic acids is 1. The molecule has 3 aliphatic heterocycles. The lowest BCUT2D eigenvalue weighted by Gasteiger charge is -2.40. The molecule has 1 aromatic rings. The van der Waals surface area contributed by atoms with Crippen LogP contribution in [0.15, 0.2) is 24.3 Å². The van der Waals surface area contributed by atoms with Crippen LogP contribution >= 0.6 is 0 Å². The van der Waals surface area contributed by atoms with Crippen molar-refractivity contribution in [1.82, 2.24) is 15.1 Å². The molecule has 3 heterocycles. The Kier molecular flexibility index (Phi) is 5.91. The smallest absolute Gasteiger partial charge is 0.253 e. The van der Waals surface area contributed by atoms with Crippen molar-refractivity contribution >= 4 is 5.91 Å². The molecule has 3 saturated heterocycles. The summed E-state index contributed by atoms with van der Waals surface area (Å²) in [5, 5.41) is 3.47. The Labute approximate surface area is 157 Å². The fourth-order valence-corrected chi connectivity index (χ4v) is 4.93. The first-order chi connectivity index (χ1) is 12.8. The van der Waals surface area contributed by atoms with E-state index in [4.69, 9.17) is 0 Å². The van der Waals surface area contributed by atoms with Crippen molar-refractivity contribution in [3.8, 4) is 0 Å². The number of hydrogen-bond acceptors (Lipinski definition) is 3. The van der Waals surface area contributed by atoms with E-state index in [1.807, 2.05) is 12.1 Å². The Morgan fingerprint density at radius 1 is 0.885 bits per heavy atom. The molecule has 0 spiro atoms. The summed E-state index contributed by atoms with van der Waals surface area (Å²) in [6.07, 6.45) is 8.86. The molecule has 1 N–H and O–H groups in total. The molecule has 3 fully saturated rings. The quantitative estimate of drug-likeness (QED) is 0.904. The van der Waals surface area contributed by atoms with E-state index in [-0.39, 0.29) is 5.91 Å². The molecule has 0 aliphatic carbocycles. The van der Waals surface area contributed by atoms with Crippen molar-refractivity contribution in [1.29, 1.82) is 0 Å². The number of piperidine rings is 3. The lowest BCUT2D eigenvalue weighted by atomic mass is 9.91. The fourth-order valence-electron chi connectivity index (χ4n) is 4.93. The second-order valence-electron chi connectivity index (χ2n) is 8.29. The predicted octanol–water partition coefficient (Wildman–Crippen LogP) is 3.24. The largest absolute Gasteiger partial charge is 0.339 e. The molecule has 4 rings (SSSR count). The Hall–Kier alpha value is -1.39. The van der Waals surface area contributed by atoms with E-state index in [2.05, 4.69) is 27.2 Å². The Morgan fingerprint density at radius 2 is 1.62 bits per heavy atom. The second-order valence-corrected chi connectivity index (χ2v) is 8.29. The average molecular weight is 356 g/mol. The minimum absolute atomic E-state index is 0.218.